The molecule has 1 heterocycles. The zero-order valence-corrected chi connectivity index (χ0v) is 16.2. The molecule has 142 valence electrons. The highest BCUT2D eigenvalue weighted by atomic mass is 35.5. The molecule has 0 aromatic carbocycles. The van der Waals surface area contributed by atoms with E-state index >= 15 is 4.39 Å². The highest BCUT2D eigenvalue weighted by Crippen LogP contribution is 2.47. The quantitative estimate of drug-likeness (QED) is 0.461. The summed E-state index contributed by atoms with van der Waals surface area (Å²) in [7, 11) is 0. The second kappa shape index (κ2) is 8.50. The van der Waals surface area contributed by atoms with Crippen molar-refractivity contribution in [1.82, 2.24) is 0 Å². The summed E-state index contributed by atoms with van der Waals surface area (Å²) in [6.45, 7) is 2.27. The Labute approximate surface area is 156 Å². The van der Waals surface area contributed by atoms with Gasteiger partial charge in [0.15, 0.2) is 5.67 Å². The fraction of sp³-hybridized carbons (Fsp3) is 0.857. The van der Waals surface area contributed by atoms with Gasteiger partial charge in [0.2, 0.25) is 6.30 Å². The van der Waals surface area contributed by atoms with Crippen molar-refractivity contribution in [1.29, 1.82) is 0 Å². The van der Waals surface area contributed by atoms with Crippen molar-refractivity contribution < 1.29 is 8.78 Å². The topological polar surface area (TPSA) is 12.4 Å². The van der Waals surface area contributed by atoms with E-state index in [0.717, 1.165) is 37.5 Å². The van der Waals surface area contributed by atoms with Gasteiger partial charge in [-0.05, 0) is 68.4 Å². The number of dihydropyridines is 1. The monoisotopic (exact) mass is 371 g/mol. The maximum atomic E-state index is 15.1. The number of allylic oxidation sites excluding steroid dienone is 1. The molecule has 1 aliphatic heterocycles. The second-order valence-electron chi connectivity index (χ2n) is 8.48. The molecule has 0 saturated heterocycles. The Kier molecular flexibility index (Phi) is 6.57. The van der Waals surface area contributed by atoms with Gasteiger partial charge in [-0.2, -0.15) is 0 Å². The van der Waals surface area contributed by atoms with Crippen LogP contribution < -0.4 is 0 Å². The van der Waals surface area contributed by atoms with Crippen LogP contribution in [0.4, 0.5) is 8.78 Å². The lowest BCUT2D eigenvalue weighted by atomic mass is 9.66. The Morgan fingerprint density at radius 3 is 2.24 bits per heavy atom. The maximum Gasteiger partial charge on any atom is 0.228 e. The molecule has 0 N–H and O–H groups in total. The van der Waals surface area contributed by atoms with Crippen LogP contribution in [0.5, 0.6) is 0 Å². The van der Waals surface area contributed by atoms with Crippen LogP contribution in [-0.2, 0) is 0 Å². The van der Waals surface area contributed by atoms with E-state index in [1.807, 2.05) is 0 Å². The van der Waals surface area contributed by atoms with Gasteiger partial charge in [0.25, 0.3) is 0 Å². The molecule has 1 nitrogen and oxygen atoms in total. The first-order chi connectivity index (χ1) is 12.0. The van der Waals surface area contributed by atoms with E-state index in [0.29, 0.717) is 5.92 Å². The Hall–Kier alpha value is -0.440. The summed E-state index contributed by atoms with van der Waals surface area (Å²) in [5, 5.41) is 0.0642. The molecule has 0 aromatic heterocycles. The van der Waals surface area contributed by atoms with Crippen LogP contribution in [0.15, 0.2) is 17.1 Å². The summed E-state index contributed by atoms with van der Waals surface area (Å²) < 4.78 is 29.3. The minimum Gasteiger partial charge on any atom is -0.234 e. The van der Waals surface area contributed by atoms with E-state index in [1.165, 1.54) is 57.1 Å². The molecule has 0 radical (unpaired) electrons. The molecular formula is C21H32ClF2N. The van der Waals surface area contributed by atoms with Gasteiger partial charge in [0, 0.05) is 5.92 Å². The number of hydrogen-bond acceptors (Lipinski definition) is 1. The zero-order valence-electron chi connectivity index (χ0n) is 15.4. The molecule has 0 bridgehead atoms. The number of rotatable bonds is 5. The van der Waals surface area contributed by atoms with Gasteiger partial charge in [-0.15, -0.1) is 0 Å². The lowest BCUT2D eigenvalue weighted by Crippen LogP contribution is -2.44. The SMILES string of the molecule is CCCC[C@H]1CC[C@H]([C@H]2CC[C@H](C3(F)C=CC(Cl)=NC3F)CC2)CC1. The fourth-order valence-corrected chi connectivity index (χ4v) is 5.48. The molecule has 2 atom stereocenters. The minimum absolute atomic E-state index is 0.0642. The van der Waals surface area contributed by atoms with E-state index in [-0.39, 0.29) is 11.1 Å². The summed E-state index contributed by atoms with van der Waals surface area (Å²) >= 11 is 5.70. The van der Waals surface area contributed by atoms with Crippen molar-refractivity contribution in [3.8, 4) is 0 Å². The van der Waals surface area contributed by atoms with Crippen LogP contribution in [-0.4, -0.2) is 17.1 Å². The normalized spacial score (nSPS) is 42.2. The summed E-state index contributed by atoms with van der Waals surface area (Å²) in [5.41, 5.74) is -1.96. The van der Waals surface area contributed by atoms with Crippen LogP contribution in [0.25, 0.3) is 0 Å². The fourth-order valence-electron chi connectivity index (χ4n) is 5.33. The van der Waals surface area contributed by atoms with Gasteiger partial charge < -0.3 is 0 Å². The van der Waals surface area contributed by atoms with Gasteiger partial charge in [0.05, 0.1) is 0 Å². The smallest absolute Gasteiger partial charge is 0.228 e. The van der Waals surface area contributed by atoms with Crippen molar-refractivity contribution in [2.45, 2.75) is 89.5 Å². The highest BCUT2D eigenvalue weighted by Gasteiger charge is 2.48. The Morgan fingerprint density at radius 1 is 1.08 bits per heavy atom. The molecule has 2 fully saturated rings. The molecule has 0 spiro atoms. The molecule has 2 unspecified atom stereocenters. The summed E-state index contributed by atoms with van der Waals surface area (Å²) in [6.07, 6.45) is 14.0. The molecule has 3 rings (SSSR count). The first-order valence-electron chi connectivity index (χ1n) is 10.3. The van der Waals surface area contributed by atoms with Crippen LogP contribution >= 0.6 is 11.6 Å². The predicted octanol–water partition coefficient (Wildman–Crippen LogP) is 7.00. The average Bonchev–Trinajstić information content (AvgIpc) is 2.64. The number of nitrogens with zero attached hydrogens (tertiary/aromatic N) is 1. The molecule has 2 saturated carbocycles. The van der Waals surface area contributed by atoms with E-state index in [2.05, 4.69) is 11.9 Å². The lowest BCUT2D eigenvalue weighted by Gasteiger charge is -2.42. The predicted molar refractivity (Wildman–Crippen MR) is 102 cm³/mol. The first kappa shape index (κ1) is 19.3. The zero-order chi connectivity index (χ0) is 17.9. The third-order valence-electron chi connectivity index (χ3n) is 7.00. The second-order valence-corrected chi connectivity index (χ2v) is 8.87. The minimum atomic E-state index is -1.96. The van der Waals surface area contributed by atoms with E-state index in [1.54, 1.807) is 0 Å². The van der Waals surface area contributed by atoms with Crippen molar-refractivity contribution in [3.63, 3.8) is 0 Å². The van der Waals surface area contributed by atoms with Gasteiger partial charge in [-0.1, -0.05) is 50.6 Å². The largest absolute Gasteiger partial charge is 0.234 e. The van der Waals surface area contributed by atoms with Crippen LogP contribution in [0, 0.1) is 23.7 Å². The van der Waals surface area contributed by atoms with Crippen LogP contribution in [0.2, 0.25) is 0 Å². The van der Waals surface area contributed by atoms with E-state index in [9.17, 15) is 4.39 Å². The Morgan fingerprint density at radius 2 is 1.68 bits per heavy atom. The maximum absolute atomic E-state index is 15.1. The summed E-state index contributed by atoms with van der Waals surface area (Å²) in [6, 6.07) is 0. The number of halogens is 3. The standard InChI is InChI=1S/C21H32ClF2N/c1-2-3-4-15-5-7-16(8-6-15)17-9-11-18(12-10-17)21(24)14-13-19(22)25-20(21)23/h13-18,20H,2-12H2,1H3/t15-,16-,17-,18-,20?,21?. The highest BCUT2D eigenvalue weighted by molar-refractivity contribution is 6.68. The molecule has 3 aliphatic rings. The molecule has 0 amide bonds. The number of unbranched alkanes of at least 4 members (excludes halogenated alkanes) is 1. The Balaban J connectivity index is 1.47. The summed E-state index contributed by atoms with van der Waals surface area (Å²) in [5.74, 6) is 2.20. The Bertz CT molecular complexity index is 490. The third kappa shape index (κ3) is 4.46. The number of alkyl halides is 2. The van der Waals surface area contributed by atoms with Crippen molar-refractivity contribution in [3.05, 3.63) is 12.2 Å². The van der Waals surface area contributed by atoms with Crippen LogP contribution in [0.3, 0.4) is 0 Å². The van der Waals surface area contributed by atoms with Gasteiger partial charge in [0.1, 0.15) is 5.17 Å². The van der Waals surface area contributed by atoms with Crippen molar-refractivity contribution in [2.75, 3.05) is 0 Å². The molecule has 4 heteroatoms. The average molecular weight is 372 g/mol. The molecule has 2 aliphatic carbocycles. The van der Waals surface area contributed by atoms with E-state index in [4.69, 9.17) is 11.6 Å². The third-order valence-corrected chi connectivity index (χ3v) is 7.22. The van der Waals surface area contributed by atoms with Gasteiger partial charge in [-0.25, -0.2) is 13.8 Å². The van der Waals surface area contributed by atoms with Crippen molar-refractivity contribution >= 4 is 16.8 Å². The van der Waals surface area contributed by atoms with Crippen molar-refractivity contribution in [2.24, 2.45) is 28.7 Å². The lowest BCUT2D eigenvalue weighted by molar-refractivity contribution is 0.00806. The molecule has 25 heavy (non-hydrogen) atoms. The van der Waals surface area contributed by atoms with Gasteiger partial charge in [-0.3, -0.25) is 0 Å². The van der Waals surface area contributed by atoms with E-state index < -0.39 is 12.0 Å². The van der Waals surface area contributed by atoms with Crippen LogP contribution in [0.1, 0.15) is 77.6 Å². The van der Waals surface area contributed by atoms with Gasteiger partial charge >= 0.3 is 0 Å². The molecular weight excluding hydrogens is 340 g/mol. The first-order valence-corrected chi connectivity index (χ1v) is 10.7. The summed E-state index contributed by atoms with van der Waals surface area (Å²) in [4.78, 5) is 3.61. The molecule has 0 aromatic rings. The number of aliphatic imine (C=N–C) groups is 1. The number of hydrogen-bond donors (Lipinski definition) is 0.